The number of aromatic nitrogens is 1. The quantitative estimate of drug-likeness (QED) is 0.204. The Bertz CT molecular complexity index is 1600. The molecule has 0 unspecified atom stereocenters. The van der Waals surface area contributed by atoms with Crippen molar-refractivity contribution in [1.29, 1.82) is 0 Å². The van der Waals surface area contributed by atoms with E-state index < -0.39 is 59.1 Å². The second kappa shape index (κ2) is 11.0. The molecule has 0 N–H and O–H groups in total. The minimum Gasteiger partial charge on any atom is -0.496 e. The Morgan fingerprint density at radius 3 is 2.11 bits per heavy atom. The van der Waals surface area contributed by atoms with Crippen LogP contribution in [-0.2, 0) is 17.1 Å². The number of hydrogen-bond donors (Lipinski definition) is 0. The predicted molar refractivity (Wildman–Crippen MR) is 148 cm³/mol. The summed E-state index contributed by atoms with van der Waals surface area (Å²) in [5, 5.41) is 0. The molecule has 0 spiro atoms. The molecule has 2 aromatic carbocycles. The molecule has 0 saturated carbocycles. The van der Waals surface area contributed by atoms with Crippen LogP contribution in [0.4, 0.5) is 41.3 Å². The topological polar surface area (TPSA) is 54.9 Å². The van der Waals surface area contributed by atoms with Gasteiger partial charge in [0.05, 0.1) is 30.3 Å². The first kappa shape index (κ1) is 31.1. The van der Waals surface area contributed by atoms with E-state index in [1.165, 1.54) is 24.2 Å². The summed E-state index contributed by atoms with van der Waals surface area (Å²) in [6, 6.07) is 3.90. The number of carbonyl (C=O) groups is 1. The van der Waals surface area contributed by atoms with Gasteiger partial charge in [0.25, 0.3) is 0 Å². The van der Waals surface area contributed by atoms with Crippen LogP contribution in [0.15, 0.2) is 54.7 Å². The fourth-order valence-electron chi connectivity index (χ4n) is 5.54. The van der Waals surface area contributed by atoms with Gasteiger partial charge in [-0.2, -0.15) is 26.3 Å². The SMILES string of the molecule is COc1cc(F)c(C(C)C)cc1-c1cnc(N(C)C)cc1[C@@H]1C=C[C@H]2[C@@H](c3cc(C(F)(F)F)cc(C(F)(F)F)c3)OC(=O)N12. The molecule has 0 bridgehead atoms. The number of amides is 1. The number of methoxy groups -OCH3 is 1. The molecule has 1 amide bonds. The fraction of sp³-hybridized carbons (Fsp3) is 0.355. The van der Waals surface area contributed by atoms with Gasteiger partial charge in [0.15, 0.2) is 6.10 Å². The molecule has 2 aliphatic heterocycles. The first-order valence-corrected chi connectivity index (χ1v) is 13.5. The van der Waals surface area contributed by atoms with Crippen molar-refractivity contribution in [2.24, 2.45) is 0 Å². The lowest BCUT2D eigenvalue weighted by Gasteiger charge is -2.27. The number of halogens is 7. The monoisotopic (exact) mass is 623 g/mol. The van der Waals surface area contributed by atoms with Crippen LogP contribution >= 0.6 is 0 Å². The average Bonchev–Trinajstić information content (AvgIpc) is 3.52. The van der Waals surface area contributed by atoms with Crippen LogP contribution < -0.4 is 9.64 Å². The van der Waals surface area contributed by atoms with E-state index in [0.717, 1.165) is 0 Å². The highest BCUT2D eigenvalue weighted by molar-refractivity contribution is 5.79. The van der Waals surface area contributed by atoms with Gasteiger partial charge in [-0.25, -0.2) is 14.2 Å². The Hall–Kier alpha value is -4.29. The van der Waals surface area contributed by atoms with Crippen molar-refractivity contribution in [3.63, 3.8) is 0 Å². The summed E-state index contributed by atoms with van der Waals surface area (Å²) < 4.78 is 107. The van der Waals surface area contributed by atoms with Crippen molar-refractivity contribution in [3.05, 3.63) is 88.4 Å². The lowest BCUT2D eigenvalue weighted by atomic mass is 9.92. The Balaban J connectivity index is 1.62. The summed E-state index contributed by atoms with van der Waals surface area (Å²) in [4.78, 5) is 20.8. The van der Waals surface area contributed by atoms with Gasteiger partial charge in [-0.1, -0.05) is 26.0 Å². The molecule has 1 fully saturated rings. The van der Waals surface area contributed by atoms with Gasteiger partial charge in [-0.15, -0.1) is 0 Å². The number of fused-ring (bicyclic) bond motifs is 1. The first-order chi connectivity index (χ1) is 20.5. The minimum absolute atomic E-state index is 0.0266. The number of cyclic esters (lactones) is 1. The van der Waals surface area contributed by atoms with Crippen LogP contribution in [0.3, 0.4) is 0 Å². The molecule has 0 aliphatic carbocycles. The maximum absolute atomic E-state index is 14.9. The maximum atomic E-state index is 14.9. The summed E-state index contributed by atoms with van der Waals surface area (Å²) in [7, 11) is 4.88. The molecule has 1 aromatic heterocycles. The molecule has 13 heteroatoms. The van der Waals surface area contributed by atoms with Gasteiger partial charge in [0.2, 0.25) is 0 Å². The molecule has 3 heterocycles. The molecule has 0 radical (unpaired) electrons. The molecule has 1 saturated heterocycles. The summed E-state index contributed by atoms with van der Waals surface area (Å²) in [5.41, 5.74) is -1.56. The third-order valence-electron chi connectivity index (χ3n) is 7.73. The molecule has 5 rings (SSSR count). The lowest BCUT2D eigenvalue weighted by molar-refractivity contribution is -0.143. The summed E-state index contributed by atoms with van der Waals surface area (Å²) in [6.07, 6.45) is -7.80. The Morgan fingerprint density at radius 1 is 0.932 bits per heavy atom. The number of benzene rings is 2. The molecular weight excluding hydrogens is 595 g/mol. The number of rotatable bonds is 6. The van der Waals surface area contributed by atoms with Crippen LogP contribution in [0.25, 0.3) is 11.1 Å². The van der Waals surface area contributed by atoms with Gasteiger partial charge in [-0.05, 0) is 52.9 Å². The van der Waals surface area contributed by atoms with Gasteiger partial charge in [-0.3, -0.25) is 4.90 Å². The van der Waals surface area contributed by atoms with Crippen LogP contribution in [-0.4, -0.2) is 43.2 Å². The largest absolute Gasteiger partial charge is 0.496 e. The van der Waals surface area contributed by atoms with E-state index in [2.05, 4.69) is 4.98 Å². The Labute approximate surface area is 248 Å². The van der Waals surface area contributed by atoms with Gasteiger partial charge in [0, 0.05) is 37.5 Å². The minimum atomic E-state index is -5.07. The molecule has 44 heavy (non-hydrogen) atoms. The third kappa shape index (κ3) is 5.55. The summed E-state index contributed by atoms with van der Waals surface area (Å²) >= 11 is 0. The number of anilines is 1. The number of nitrogens with zero attached hydrogens (tertiary/aromatic N) is 3. The standard InChI is InChI=1S/C31H28F7N3O3/c1-15(2)19-11-21(26(43-5)13-23(19)32)22-14-39-27(40(3)4)12-20(22)24-6-7-25-28(44-29(42)41(24)25)16-8-17(30(33,34)35)10-18(9-16)31(36,37)38/h6-15,24-25,28H,1-5H3/t24-,25-,28+/m0/s1. The zero-order valence-electron chi connectivity index (χ0n) is 24.2. The highest BCUT2D eigenvalue weighted by atomic mass is 19.4. The molecular formula is C31H28F7N3O3. The summed E-state index contributed by atoms with van der Waals surface area (Å²) in [6.45, 7) is 3.65. The van der Waals surface area contributed by atoms with E-state index in [1.54, 1.807) is 43.4 Å². The van der Waals surface area contributed by atoms with Crippen molar-refractivity contribution in [2.75, 3.05) is 26.1 Å². The van der Waals surface area contributed by atoms with Crippen molar-refractivity contribution in [3.8, 4) is 16.9 Å². The number of hydrogen-bond acceptors (Lipinski definition) is 5. The fourth-order valence-corrected chi connectivity index (χ4v) is 5.54. The second-order valence-corrected chi connectivity index (χ2v) is 11.1. The molecule has 6 nitrogen and oxygen atoms in total. The van der Waals surface area contributed by atoms with Crippen molar-refractivity contribution < 1.29 is 45.0 Å². The number of pyridine rings is 1. The smallest absolute Gasteiger partial charge is 0.416 e. The van der Waals surface area contributed by atoms with E-state index in [0.29, 0.717) is 40.2 Å². The highest BCUT2D eigenvalue weighted by Gasteiger charge is 2.49. The van der Waals surface area contributed by atoms with Crippen molar-refractivity contribution >= 4 is 11.9 Å². The number of alkyl halides is 6. The van der Waals surface area contributed by atoms with E-state index in [-0.39, 0.29) is 17.7 Å². The Kier molecular flexibility index (Phi) is 7.79. The van der Waals surface area contributed by atoms with Crippen LogP contribution in [0.1, 0.15) is 59.7 Å². The van der Waals surface area contributed by atoms with Gasteiger partial charge in [0.1, 0.15) is 17.4 Å². The van der Waals surface area contributed by atoms with Crippen molar-refractivity contribution in [2.45, 2.75) is 50.3 Å². The van der Waals surface area contributed by atoms with Gasteiger partial charge >= 0.3 is 18.4 Å². The molecule has 3 atom stereocenters. The third-order valence-corrected chi connectivity index (χ3v) is 7.73. The first-order valence-electron chi connectivity index (χ1n) is 13.5. The van der Waals surface area contributed by atoms with Gasteiger partial charge < -0.3 is 14.4 Å². The highest BCUT2D eigenvalue weighted by Crippen LogP contribution is 2.48. The van der Waals surface area contributed by atoms with Crippen LogP contribution in [0.5, 0.6) is 5.75 Å². The lowest BCUT2D eigenvalue weighted by Crippen LogP contribution is -2.32. The zero-order chi connectivity index (χ0) is 32.3. The molecule has 234 valence electrons. The zero-order valence-corrected chi connectivity index (χ0v) is 24.2. The predicted octanol–water partition coefficient (Wildman–Crippen LogP) is 8.30. The van der Waals surface area contributed by atoms with Crippen LogP contribution in [0, 0.1) is 5.82 Å². The molecule has 3 aromatic rings. The number of ether oxygens (including phenoxy) is 2. The normalized spacial score (nSPS) is 19.9. The van der Waals surface area contributed by atoms with E-state index in [1.807, 2.05) is 13.8 Å². The molecule has 2 aliphatic rings. The summed E-state index contributed by atoms with van der Waals surface area (Å²) in [5.74, 6) is 0.0570. The number of carbonyl (C=O) groups excluding carboxylic acids is 1. The Morgan fingerprint density at radius 2 is 1.57 bits per heavy atom. The van der Waals surface area contributed by atoms with Crippen LogP contribution in [0.2, 0.25) is 0 Å². The van der Waals surface area contributed by atoms with Crippen molar-refractivity contribution in [1.82, 2.24) is 9.88 Å². The maximum Gasteiger partial charge on any atom is 0.416 e. The average molecular weight is 624 g/mol. The van der Waals surface area contributed by atoms with E-state index >= 15 is 0 Å². The second-order valence-electron chi connectivity index (χ2n) is 11.1. The van der Waals surface area contributed by atoms with E-state index in [4.69, 9.17) is 9.47 Å². The van der Waals surface area contributed by atoms with E-state index in [9.17, 15) is 35.5 Å².